The van der Waals surface area contributed by atoms with Gasteiger partial charge in [-0.15, -0.1) is 0 Å². The van der Waals surface area contributed by atoms with Gasteiger partial charge in [-0.05, 0) is 31.1 Å². The molecule has 0 aromatic carbocycles. The van der Waals surface area contributed by atoms with Crippen molar-refractivity contribution in [2.45, 2.75) is 58.9 Å². The molecule has 20 heavy (non-hydrogen) atoms. The number of nitrogens with one attached hydrogen (secondary N) is 1. The Morgan fingerprint density at radius 3 is 2.55 bits per heavy atom. The van der Waals surface area contributed by atoms with Gasteiger partial charge in [0.25, 0.3) is 5.56 Å². The summed E-state index contributed by atoms with van der Waals surface area (Å²) >= 11 is 0. The molecule has 2 unspecified atom stereocenters. The number of rotatable bonds is 3. The maximum absolute atomic E-state index is 12.1. The molecule has 0 bridgehead atoms. The third kappa shape index (κ3) is 2.53. The second-order valence-electron chi connectivity index (χ2n) is 6.04. The van der Waals surface area contributed by atoms with Crippen LogP contribution in [0.5, 0.6) is 5.88 Å². The molecule has 1 aliphatic rings. The number of aromatic nitrogens is 2. The Bertz CT molecular complexity index is 586. The fourth-order valence-corrected chi connectivity index (χ4v) is 3.44. The minimum absolute atomic E-state index is 0.0154. The first-order chi connectivity index (χ1) is 9.47. The lowest BCUT2D eigenvalue weighted by Gasteiger charge is -2.35. The molecule has 5 heteroatoms. The van der Waals surface area contributed by atoms with Gasteiger partial charge in [-0.3, -0.25) is 14.3 Å². The maximum atomic E-state index is 12.1. The van der Waals surface area contributed by atoms with E-state index >= 15 is 0 Å². The Morgan fingerprint density at radius 2 is 1.95 bits per heavy atom. The van der Waals surface area contributed by atoms with E-state index in [1.807, 2.05) is 0 Å². The van der Waals surface area contributed by atoms with Gasteiger partial charge < -0.3 is 5.11 Å². The van der Waals surface area contributed by atoms with Gasteiger partial charge >= 0.3 is 5.69 Å². The van der Waals surface area contributed by atoms with Crippen LogP contribution in [0.1, 0.15) is 58.1 Å². The van der Waals surface area contributed by atoms with E-state index < -0.39 is 11.2 Å². The Balaban J connectivity index is 2.56. The summed E-state index contributed by atoms with van der Waals surface area (Å²) in [5, 5.41) is 10.3. The second-order valence-corrected chi connectivity index (χ2v) is 6.04. The van der Waals surface area contributed by atoms with Crippen LogP contribution in [0.3, 0.4) is 0 Å². The van der Waals surface area contributed by atoms with Crippen molar-refractivity contribution in [3.8, 4) is 5.88 Å². The number of aromatic hydroxyl groups is 1. The van der Waals surface area contributed by atoms with E-state index in [0.29, 0.717) is 23.8 Å². The van der Waals surface area contributed by atoms with E-state index in [2.05, 4.69) is 18.8 Å². The molecule has 0 saturated heterocycles. The van der Waals surface area contributed by atoms with Gasteiger partial charge in [0.15, 0.2) is 0 Å². The summed E-state index contributed by atoms with van der Waals surface area (Å²) in [4.78, 5) is 26.2. The zero-order valence-electron chi connectivity index (χ0n) is 12.5. The van der Waals surface area contributed by atoms with Crippen molar-refractivity contribution < 1.29 is 5.11 Å². The van der Waals surface area contributed by atoms with Crippen molar-refractivity contribution in [3.05, 3.63) is 26.4 Å². The molecule has 112 valence electrons. The summed E-state index contributed by atoms with van der Waals surface area (Å²) < 4.78 is 1.42. The normalized spacial score (nSPS) is 23.2. The van der Waals surface area contributed by atoms with Gasteiger partial charge in [0.2, 0.25) is 5.88 Å². The monoisotopic (exact) mass is 280 g/mol. The predicted molar refractivity (Wildman–Crippen MR) is 78.2 cm³/mol. The Kier molecular flexibility index (Phi) is 4.35. The highest BCUT2D eigenvalue weighted by atomic mass is 16.3. The highest BCUT2D eigenvalue weighted by Crippen LogP contribution is 2.39. The summed E-state index contributed by atoms with van der Waals surface area (Å²) in [6, 6.07) is -0.0154. The van der Waals surface area contributed by atoms with Crippen LogP contribution in [0.2, 0.25) is 0 Å². The molecule has 1 aliphatic carbocycles. The lowest BCUT2D eigenvalue weighted by Crippen LogP contribution is -2.39. The lowest BCUT2D eigenvalue weighted by atomic mass is 9.77. The van der Waals surface area contributed by atoms with Crippen molar-refractivity contribution in [2.24, 2.45) is 11.8 Å². The molecule has 5 nitrogen and oxygen atoms in total. The van der Waals surface area contributed by atoms with Crippen LogP contribution in [-0.4, -0.2) is 14.7 Å². The molecule has 0 amide bonds. The largest absolute Gasteiger partial charge is 0.494 e. The molecule has 1 saturated carbocycles. The lowest BCUT2D eigenvalue weighted by molar-refractivity contribution is 0.167. The van der Waals surface area contributed by atoms with Crippen LogP contribution >= 0.6 is 0 Å². The fraction of sp³-hybridized carbons (Fsp3) is 0.733. The van der Waals surface area contributed by atoms with E-state index in [1.165, 1.54) is 11.0 Å². The first kappa shape index (κ1) is 14.9. The van der Waals surface area contributed by atoms with E-state index in [0.717, 1.165) is 19.3 Å². The quantitative estimate of drug-likeness (QED) is 0.891. The van der Waals surface area contributed by atoms with Crippen molar-refractivity contribution in [2.75, 3.05) is 0 Å². The van der Waals surface area contributed by atoms with Crippen LogP contribution in [0.25, 0.3) is 0 Å². The van der Waals surface area contributed by atoms with Crippen LogP contribution < -0.4 is 11.2 Å². The summed E-state index contributed by atoms with van der Waals surface area (Å²) in [6.07, 6.45) is 4.58. The Labute approximate surface area is 118 Å². The molecular weight excluding hydrogens is 256 g/mol. The molecule has 1 fully saturated rings. The average molecular weight is 280 g/mol. The van der Waals surface area contributed by atoms with E-state index in [-0.39, 0.29) is 11.9 Å². The van der Waals surface area contributed by atoms with Crippen molar-refractivity contribution in [1.82, 2.24) is 9.55 Å². The van der Waals surface area contributed by atoms with Gasteiger partial charge in [0, 0.05) is 6.04 Å². The third-order valence-electron chi connectivity index (χ3n) is 4.53. The summed E-state index contributed by atoms with van der Waals surface area (Å²) in [5.74, 6) is 0.672. The minimum Gasteiger partial charge on any atom is -0.494 e. The first-order valence-corrected chi connectivity index (χ1v) is 7.54. The number of aromatic amines is 1. The molecule has 1 aromatic heterocycles. The minimum atomic E-state index is -0.484. The first-order valence-electron chi connectivity index (χ1n) is 7.54. The Morgan fingerprint density at radius 1 is 1.30 bits per heavy atom. The standard InChI is InChI=1S/C15H24N2O3/c1-4-10-13(18)16-15(20)17(14(10)19)12-8-6-5-7-11(12)9(2)3/h9,11-12,19H,4-8H2,1-3H3,(H,16,18,20). The number of hydrogen-bond donors (Lipinski definition) is 2. The maximum Gasteiger partial charge on any atom is 0.331 e. The highest BCUT2D eigenvalue weighted by Gasteiger charge is 2.31. The van der Waals surface area contributed by atoms with Crippen LogP contribution in [0.15, 0.2) is 9.59 Å². The van der Waals surface area contributed by atoms with Crippen molar-refractivity contribution >= 4 is 0 Å². The molecule has 2 atom stereocenters. The smallest absolute Gasteiger partial charge is 0.331 e. The molecule has 2 N–H and O–H groups in total. The topological polar surface area (TPSA) is 75.1 Å². The molecule has 0 spiro atoms. The van der Waals surface area contributed by atoms with E-state index in [9.17, 15) is 14.7 Å². The SMILES string of the molecule is CCc1c(O)n(C2CCCCC2C(C)C)c(=O)[nH]c1=O. The van der Waals surface area contributed by atoms with Gasteiger partial charge in [0.05, 0.1) is 5.56 Å². The van der Waals surface area contributed by atoms with Crippen LogP contribution in [-0.2, 0) is 6.42 Å². The van der Waals surface area contributed by atoms with Gasteiger partial charge in [-0.2, -0.15) is 0 Å². The number of nitrogens with zero attached hydrogens (tertiary/aromatic N) is 1. The molecule has 1 heterocycles. The van der Waals surface area contributed by atoms with Crippen LogP contribution in [0.4, 0.5) is 0 Å². The zero-order valence-corrected chi connectivity index (χ0v) is 12.5. The number of hydrogen-bond acceptors (Lipinski definition) is 3. The van der Waals surface area contributed by atoms with Gasteiger partial charge in [-0.25, -0.2) is 4.79 Å². The summed E-state index contributed by atoms with van der Waals surface area (Å²) in [5.41, 5.74) is -0.650. The molecule has 0 aliphatic heterocycles. The van der Waals surface area contributed by atoms with Gasteiger partial charge in [0.1, 0.15) is 0 Å². The van der Waals surface area contributed by atoms with Crippen LogP contribution in [0, 0.1) is 11.8 Å². The molecule has 1 aromatic rings. The average Bonchev–Trinajstić information content (AvgIpc) is 2.39. The predicted octanol–water partition coefficient (Wildman–Crippen LogP) is 2.19. The van der Waals surface area contributed by atoms with Gasteiger partial charge in [-0.1, -0.05) is 33.6 Å². The fourth-order valence-electron chi connectivity index (χ4n) is 3.44. The number of H-pyrrole nitrogens is 1. The van der Waals surface area contributed by atoms with E-state index in [1.54, 1.807) is 6.92 Å². The van der Waals surface area contributed by atoms with E-state index in [4.69, 9.17) is 0 Å². The third-order valence-corrected chi connectivity index (χ3v) is 4.53. The molecule has 0 radical (unpaired) electrons. The van der Waals surface area contributed by atoms with Crippen molar-refractivity contribution in [1.29, 1.82) is 0 Å². The summed E-state index contributed by atoms with van der Waals surface area (Å²) in [6.45, 7) is 6.11. The van der Waals surface area contributed by atoms with Crippen molar-refractivity contribution in [3.63, 3.8) is 0 Å². The second kappa shape index (κ2) is 5.85. The molecular formula is C15H24N2O3. The molecule has 2 rings (SSSR count). The zero-order chi connectivity index (χ0) is 14.9. The highest BCUT2D eigenvalue weighted by molar-refractivity contribution is 5.23. The Hall–Kier alpha value is -1.52. The summed E-state index contributed by atoms with van der Waals surface area (Å²) in [7, 11) is 0.